The molecule has 0 aliphatic carbocycles. The van der Waals surface area contributed by atoms with E-state index in [0.29, 0.717) is 6.42 Å². The Morgan fingerprint density at radius 1 is 1.19 bits per heavy atom. The SMILES string of the molecule is CCCCCCC(C(=O)OCC)S(C)(=O)=O. The summed E-state index contributed by atoms with van der Waals surface area (Å²) in [5.41, 5.74) is 0. The van der Waals surface area contributed by atoms with Crippen molar-refractivity contribution < 1.29 is 17.9 Å². The summed E-state index contributed by atoms with van der Waals surface area (Å²) in [6, 6.07) is 0. The summed E-state index contributed by atoms with van der Waals surface area (Å²) in [6.45, 7) is 3.98. The number of sulfone groups is 1. The van der Waals surface area contributed by atoms with Crippen LogP contribution in [0.4, 0.5) is 0 Å². The minimum absolute atomic E-state index is 0.222. The molecule has 0 aromatic carbocycles. The fourth-order valence-corrected chi connectivity index (χ4v) is 2.51. The van der Waals surface area contributed by atoms with Gasteiger partial charge in [0.1, 0.15) is 0 Å². The summed E-state index contributed by atoms with van der Waals surface area (Å²) in [6.07, 6.45) is 5.33. The molecule has 0 spiro atoms. The number of carbonyl (C=O) groups excluding carboxylic acids is 1. The van der Waals surface area contributed by atoms with Crippen molar-refractivity contribution in [3.63, 3.8) is 0 Å². The van der Waals surface area contributed by atoms with Crippen LogP contribution in [0, 0.1) is 0 Å². The fraction of sp³-hybridized carbons (Fsp3) is 0.909. The summed E-state index contributed by atoms with van der Waals surface area (Å²) in [5.74, 6) is -0.610. The van der Waals surface area contributed by atoms with E-state index in [0.717, 1.165) is 31.9 Å². The Labute approximate surface area is 98.3 Å². The first-order valence-electron chi connectivity index (χ1n) is 5.79. The second-order valence-electron chi connectivity index (χ2n) is 3.92. The Morgan fingerprint density at radius 3 is 2.25 bits per heavy atom. The smallest absolute Gasteiger partial charge is 0.324 e. The van der Waals surface area contributed by atoms with Crippen molar-refractivity contribution in [2.45, 2.75) is 51.2 Å². The lowest BCUT2D eigenvalue weighted by atomic mass is 10.1. The molecule has 0 fully saturated rings. The van der Waals surface area contributed by atoms with Crippen LogP contribution in [0.2, 0.25) is 0 Å². The third-order valence-electron chi connectivity index (χ3n) is 2.39. The van der Waals surface area contributed by atoms with Crippen molar-refractivity contribution in [1.29, 1.82) is 0 Å². The van der Waals surface area contributed by atoms with Crippen LogP contribution in [0.25, 0.3) is 0 Å². The van der Waals surface area contributed by atoms with Gasteiger partial charge in [0.2, 0.25) is 0 Å². The zero-order valence-electron chi connectivity index (χ0n) is 10.4. The van der Waals surface area contributed by atoms with Crippen LogP contribution in [0.5, 0.6) is 0 Å². The largest absolute Gasteiger partial charge is 0.465 e. The molecule has 0 radical (unpaired) electrons. The van der Waals surface area contributed by atoms with E-state index >= 15 is 0 Å². The van der Waals surface area contributed by atoms with Gasteiger partial charge in [0.25, 0.3) is 0 Å². The molecule has 5 heteroatoms. The molecule has 1 atom stereocenters. The zero-order chi connectivity index (χ0) is 12.6. The molecule has 4 nitrogen and oxygen atoms in total. The molecule has 16 heavy (non-hydrogen) atoms. The van der Waals surface area contributed by atoms with Crippen LogP contribution in [-0.2, 0) is 19.4 Å². The molecule has 0 aliphatic rings. The number of hydrogen-bond donors (Lipinski definition) is 0. The molecule has 1 unspecified atom stereocenters. The second kappa shape index (κ2) is 7.65. The normalized spacial score (nSPS) is 13.4. The average molecular weight is 250 g/mol. The number of carbonyl (C=O) groups is 1. The molecule has 0 saturated carbocycles. The number of ether oxygens (including phenoxy) is 1. The fourth-order valence-electron chi connectivity index (χ4n) is 1.50. The third-order valence-corrected chi connectivity index (χ3v) is 3.85. The molecule has 0 saturated heterocycles. The van der Waals surface area contributed by atoms with Crippen molar-refractivity contribution in [2.24, 2.45) is 0 Å². The summed E-state index contributed by atoms with van der Waals surface area (Å²) in [4.78, 5) is 11.5. The van der Waals surface area contributed by atoms with Crippen LogP contribution in [0.3, 0.4) is 0 Å². The summed E-state index contributed by atoms with van der Waals surface area (Å²) in [7, 11) is -3.35. The molecule has 0 bridgehead atoms. The Morgan fingerprint density at radius 2 is 1.81 bits per heavy atom. The van der Waals surface area contributed by atoms with E-state index in [4.69, 9.17) is 4.74 Å². The van der Waals surface area contributed by atoms with Gasteiger partial charge in [0.15, 0.2) is 15.1 Å². The standard InChI is InChI=1S/C11H22O4S/c1-4-6-7-8-9-10(16(3,13)14)11(12)15-5-2/h10H,4-9H2,1-3H3. The lowest BCUT2D eigenvalue weighted by Crippen LogP contribution is -2.31. The van der Waals surface area contributed by atoms with E-state index in [-0.39, 0.29) is 6.61 Å². The predicted octanol–water partition coefficient (Wildman–Crippen LogP) is 1.93. The topological polar surface area (TPSA) is 60.4 Å². The molecule has 0 N–H and O–H groups in total. The maximum absolute atomic E-state index is 11.5. The van der Waals surface area contributed by atoms with E-state index in [1.165, 1.54) is 0 Å². The molecule has 0 aliphatic heterocycles. The van der Waals surface area contributed by atoms with Gasteiger partial charge in [-0.05, 0) is 13.3 Å². The van der Waals surface area contributed by atoms with Crippen molar-refractivity contribution in [3.8, 4) is 0 Å². The molecule has 0 rings (SSSR count). The molecule has 0 aromatic heterocycles. The quantitative estimate of drug-likeness (QED) is 0.488. The van der Waals surface area contributed by atoms with Gasteiger partial charge in [-0.3, -0.25) is 4.79 Å². The number of unbranched alkanes of at least 4 members (excludes halogenated alkanes) is 3. The van der Waals surface area contributed by atoms with Crippen LogP contribution in [0.1, 0.15) is 46.0 Å². The van der Waals surface area contributed by atoms with Gasteiger partial charge in [-0.2, -0.15) is 0 Å². The molecule has 96 valence electrons. The number of esters is 1. The van der Waals surface area contributed by atoms with E-state index in [2.05, 4.69) is 6.92 Å². The summed E-state index contributed by atoms with van der Waals surface area (Å²) < 4.78 is 27.6. The highest BCUT2D eigenvalue weighted by molar-refractivity contribution is 7.92. The highest BCUT2D eigenvalue weighted by Gasteiger charge is 2.29. The second-order valence-corrected chi connectivity index (χ2v) is 6.15. The van der Waals surface area contributed by atoms with E-state index < -0.39 is 21.1 Å². The van der Waals surface area contributed by atoms with Gasteiger partial charge in [0.05, 0.1) is 6.61 Å². The van der Waals surface area contributed by atoms with Crippen molar-refractivity contribution in [3.05, 3.63) is 0 Å². The first-order chi connectivity index (χ1) is 7.43. The molecule has 0 heterocycles. The highest BCUT2D eigenvalue weighted by Crippen LogP contribution is 2.13. The first kappa shape index (κ1) is 15.4. The van der Waals surface area contributed by atoms with E-state index in [1.807, 2.05) is 0 Å². The van der Waals surface area contributed by atoms with Crippen LogP contribution >= 0.6 is 0 Å². The van der Waals surface area contributed by atoms with Crippen molar-refractivity contribution >= 4 is 15.8 Å². The Bertz CT molecular complexity index is 295. The lowest BCUT2D eigenvalue weighted by Gasteiger charge is -2.13. The molecular formula is C11H22O4S. The van der Waals surface area contributed by atoms with Crippen LogP contribution < -0.4 is 0 Å². The van der Waals surface area contributed by atoms with Gasteiger partial charge in [-0.1, -0.05) is 32.6 Å². The lowest BCUT2D eigenvalue weighted by molar-refractivity contribution is -0.142. The Kier molecular flexibility index (Phi) is 7.38. The number of hydrogen-bond acceptors (Lipinski definition) is 4. The van der Waals surface area contributed by atoms with Crippen molar-refractivity contribution in [1.82, 2.24) is 0 Å². The maximum atomic E-state index is 11.5. The molecular weight excluding hydrogens is 228 g/mol. The van der Waals surface area contributed by atoms with Gasteiger partial charge >= 0.3 is 5.97 Å². The van der Waals surface area contributed by atoms with Gasteiger partial charge in [-0.15, -0.1) is 0 Å². The zero-order valence-corrected chi connectivity index (χ0v) is 11.2. The monoisotopic (exact) mass is 250 g/mol. The van der Waals surface area contributed by atoms with Gasteiger partial charge in [0, 0.05) is 6.26 Å². The number of rotatable bonds is 8. The van der Waals surface area contributed by atoms with Gasteiger partial charge < -0.3 is 4.74 Å². The van der Waals surface area contributed by atoms with Crippen LogP contribution in [-0.4, -0.2) is 32.5 Å². The predicted molar refractivity (Wildman–Crippen MR) is 64.0 cm³/mol. The highest BCUT2D eigenvalue weighted by atomic mass is 32.2. The van der Waals surface area contributed by atoms with Crippen LogP contribution in [0.15, 0.2) is 0 Å². The van der Waals surface area contributed by atoms with E-state index in [9.17, 15) is 13.2 Å². The minimum Gasteiger partial charge on any atom is -0.465 e. The molecule has 0 aromatic rings. The van der Waals surface area contributed by atoms with E-state index in [1.54, 1.807) is 6.92 Å². The third kappa shape index (κ3) is 6.10. The maximum Gasteiger partial charge on any atom is 0.324 e. The average Bonchev–Trinajstić information content (AvgIpc) is 2.16. The Hall–Kier alpha value is -0.580. The summed E-state index contributed by atoms with van der Waals surface area (Å²) in [5, 5.41) is -0.982. The summed E-state index contributed by atoms with van der Waals surface area (Å²) >= 11 is 0. The van der Waals surface area contributed by atoms with Crippen molar-refractivity contribution in [2.75, 3.05) is 12.9 Å². The van der Waals surface area contributed by atoms with Gasteiger partial charge in [-0.25, -0.2) is 8.42 Å². The molecule has 0 amide bonds. The minimum atomic E-state index is -3.35. The Balaban J connectivity index is 4.29. The first-order valence-corrected chi connectivity index (χ1v) is 7.74.